The molecule has 1 aliphatic heterocycles. The van der Waals surface area contributed by atoms with Crippen molar-refractivity contribution in [2.45, 2.75) is 39.8 Å². The molecule has 19 heavy (non-hydrogen) atoms. The van der Waals surface area contributed by atoms with Crippen LogP contribution in [0.25, 0.3) is 0 Å². The molecule has 1 aromatic heterocycles. The summed E-state index contributed by atoms with van der Waals surface area (Å²) in [4.78, 5) is 14.0. The molecule has 2 heterocycles. The van der Waals surface area contributed by atoms with Gasteiger partial charge in [0.25, 0.3) is 0 Å². The van der Waals surface area contributed by atoms with Crippen molar-refractivity contribution in [3.05, 3.63) is 17.5 Å². The molecule has 0 spiro atoms. The van der Waals surface area contributed by atoms with Crippen LogP contribution in [0.5, 0.6) is 0 Å². The summed E-state index contributed by atoms with van der Waals surface area (Å²) in [5.41, 5.74) is 2.28. The molecule has 0 N–H and O–H groups in total. The second-order valence-electron chi connectivity index (χ2n) is 5.19. The molecule has 106 valence electrons. The van der Waals surface area contributed by atoms with Crippen molar-refractivity contribution in [2.75, 3.05) is 20.2 Å². The number of hydrogen-bond donors (Lipinski definition) is 0. The standard InChI is InChI=1S/C14H23N3O2/c1-4-17-13(8-11(2)15-17)10-16-7-5-6-12(9-16)14(18)19-3/h8,12H,4-7,9-10H2,1-3H3. The Kier molecular flexibility index (Phi) is 4.58. The summed E-state index contributed by atoms with van der Waals surface area (Å²) in [6.45, 7) is 7.70. The first kappa shape index (κ1) is 14.1. The smallest absolute Gasteiger partial charge is 0.309 e. The van der Waals surface area contributed by atoms with E-state index in [1.54, 1.807) is 0 Å². The highest BCUT2D eigenvalue weighted by Crippen LogP contribution is 2.20. The Labute approximate surface area is 114 Å². The van der Waals surface area contributed by atoms with E-state index in [4.69, 9.17) is 4.74 Å². The molecule has 0 aromatic carbocycles. The van der Waals surface area contributed by atoms with E-state index in [9.17, 15) is 4.79 Å². The maximum Gasteiger partial charge on any atom is 0.309 e. The van der Waals surface area contributed by atoms with Crippen molar-refractivity contribution in [1.82, 2.24) is 14.7 Å². The minimum absolute atomic E-state index is 0.0258. The summed E-state index contributed by atoms with van der Waals surface area (Å²) in [6, 6.07) is 2.13. The average Bonchev–Trinajstić information content (AvgIpc) is 2.78. The van der Waals surface area contributed by atoms with Gasteiger partial charge in [-0.15, -0.1) is 0 Å². The number of aryl methyl sites for hydroxylation is 2. The molecular formula is C14H23N3O2. The Bertz CT molecular complexity index is 442. The number of methoxy groups -OCH3 is 1. The van der Waals surface area contributed by atoms with Gasteiger partial charge in [-0.25, -0.2) is 0 Å². The fourth-order valence-corrected chi connectivity index (χ4v) is 2.79. The van der Waals surface area contributed by atoms with E-state index in [0.29, 0.717) is 0 Å². The summed E-state index contributed by atoms with van der Waals surface area (Å²) < 4.78 is 6.89. The van der Waals surface area contributed by atoms with Gasteiger partial charge in [0.2, 0.25) is 0 Å². The monoisotopic (exact) mass is 265 g/mol. The molecular weight excluding hydrogens is 242 g/mol. The van der Waals surface area contributed by atoms with Gasteiger partial charge in [0.15, 0.2) is 0 Å². The van der Waals surface area contributed by atoms with Crippen LogP contribution in [0.4, 0.5) is 0 Å². The second-order valence-corrected chi connectivity index (χ2v) is 5.19. The maximum absolute atomic E-state index is 11.6. The molecule has 5 heteroatoms. The summed E-state index contributed by atoms with van der Waals surface area (Å²) in [7, 11) is 1.47. The molecule has 1 saturated heterocycles. The highest BCUT2D eigenvalue weighted by atomic mass is 16.5. The summed E-state index contributed by atoms with van der Waals surface area (Å²) in [6.07, 6.45) is 1.99. The number of likely N-dealkylation sites (tertiary alicyclic amines) is 1. The molecule has 1 unspecified atom stereocenters. The van der Waals surface area contributed by atoms with Crippen LogP contribution in [0, 0.1) is 12.8 Å². The first-order chi connectivity index (χ1) is 9.13. The van der Waals surface area contributed by atoms with E-state index in [-0.39, 0.29) is 11.9 Å². The predicted octanol–water partition coefficient (Wildman–Crippen LogP) is 1.60. The number of esters is 1. The minimum Gasteiger partial charge on any atom is -0.469 e. The van der Waals surface area contributed by atoms with Gasteiger partial charge in [-0.2, -0.15) is 5.10 Å². The van der Waals surface area contributed by atoms with Crippen LogP contribution in [0.1, 0.15) is 31.2 Å². The van der Waals surface area contributed by atoms with Gasteiger partial charge in [-0.05, 0) is 39.3 Å². The average molecular weight is 265 g/mol. The lowest BCUT2D eigenvalue weighted by molar-refractivity contribution is -0.147. The number of nitrogens with zero attached hydrogens (tertiary/aromatic N) is 3. The summed E-state index contributed by atoms with van der Waals surface area (Å²) >= 11 is 0. The molecule has 0 saturated carbocycles. The zero-order valence-corrected chi connectivity index (χ0v) is 12.1. The molecule has 1 fully saturated rings. The normalized spacial score (nSPS) is 20.5. The Hall–Kier alpha value is -1.36. The first-order valence-corrected chi connectivity index (χ1v) is 6.97. The quantitative estimate of drug-likeness (QED) is 0.776. The second kappa shape index (κ2) is 6.19. The predicted molar refractivity (Wildman–Crippen MR) is 72.7 cm³/mol. The van der Waals surface area contributed by atoms with Gasteiger partial charge in [0.05, 0.1) is 24.4 Å². The number of rotatable bonds is 4. The first-order valence-electron chi connectivity index (χ1n) is 6.97. The number of hydrogen-bond acceptors (Lipinski definition) is 4. The van der Waals surface area contributed by atoms with Crippen LogP contribution >= 0.6 is 0 Å². The topological polar surface area (TPSA) is 47.4 Å². The van der Waals surface area contributed by atoms with Gasteiger partial charge in [0, 0.05) is 19.6 Å². The third-order valence-electron chi connectivity index (χ3n) is 3.71. The van der Waals surface area contributed by atoms with E-state index in [1.165, 1.54) is 12.8 Å². The summed E-state index contributed by atoms with van der Waals surface area (Å²) in [5, 5.41) is 4.46. The Morgan fingerprint density at radius 2 is 2.37 bits per heavy atom. The van der Waals surface area contributed by atoms with Crippen molar-refractivity contribution in [3.63, 3.8) is 0 Å². The minimum atomic E-state index is -0.0788. The molecule has 1 aromatic rings. The number of carbonyl (C=O) groups is 1. The van der Waals surface area contributed by atoms with E-state index in [0.717, 1.165) is 44.7 Å². The molecule has 1 atom stereocenters. The maximum atomic E-state index is 11.6. The van der Waals surface area contributed by atoms with E-state index < -0.39 is 0 Å². The highest BCUT2D eigenvalue weighted by molar-refractivity contribution is 5.72. The molecule has 1 aliphatic rings. The Morgan fingerprint density at radius 3 is 3.05 bits per heavy atom. The van der Waals surface area contributed by atoms with Crippen LogP contribution in [0.3, 0.4) is 0 Å². The zero-order chi connectivity index (χ0) is 13.8. The number of ether oxygens (including phenoxy) is 1. The third kappa shape index (κ3) is 3.35. The lowest BCUT2D eigenvalue weighted by atomic mass is 9.98. The van der Waals surface area contributed by atoms with Crippen LogP contribution < -0.4 is 0 Å². The zero-order valence-electron chi connectivity index (χ0n) is 12.1. The molecule has 0 bridgehead atoms. The fraction of sp³-hybridized carbons (Fsp3) is 0.714. The number of piperidine rings is 1. The van der Waals surface area contributed by atoms with Gasteiger partial charge in [-0.3, -0.25) is 14.4 Å². The molecule has 5 nitrogen and oxygen atoms in total. The lowest BCUT2D eigenvalue weighted by Gasteiger charge is -2.31. The molecule has 0 amide bonds. The largest absolute Gasteiger partial charge is 0.469 e. The van der Waals surface area contributed by atoms with Gasteiger partial charge in [-0.1, -0.05) is 0 Å². The molecule has 0 radical (unpaired) electrons. The SMILES string of the molecule is CCn1nc(C)cc1CN1CCCC(C(=O)OC)C1. The van der Waals surface area contributed by atoms with E-state index >= 15 is 0 Å². The summed E-state index contributed by atoms with van der Waals surface area (Å²) in [5.74, 6) is -0.0530. The van der Waals surface area contributed by atoms with Gasteiger partial charge < -0.3 is 4.74 Å². The Balaban J connectivity index is 2.00. The molecule has 0 aliphatic carbocycles. The Morgan fingerprint density at radius 1 is 1.58 bits per heavy atom. The van der Waals surface area contributed by atoms with Crippen molar-refractivity contribution in [2.24, 2.45) is 5.92 Å². The van der Waals surface area contributed by atoms with Gasteiger partial charge >= 0.3 is 5.97 Å². The highest BCUT2D eigenvalue weighted by Gasteiger charge is 2.26. The van der Waals surface area contributed by atoms with E-state index in [1.807, 2.05) is 11.6 Å². The molecule has 2 rings (SSSR count). The number of aromatic nitrogens is 2. The van der Waals surface area contributed by atoms with Crippen LogP contribution in [-0.2, 0) is 22.6 Å². The van der Waals surface area contributed by atoms with Crippen molar-refractivity contribution >= 4 is 5.97 Å². The van der Waals surface area contributed by atoms with Crippen molar-refractivity contribution < 1.29 is 9.53 Å². The fourth-order valence-electron chi connectivity index (χ4n) is 2.79. The third-order valence-corrected chi connectivity index (χ3v) is 3.71. The van der Waals surface area contributed by atoms with E-state index in [2.05, 4.69) is 23.0 Å². The van der Waals surface area contributed by atoms with Crippen LogP contribution in [-0.4, -0.2) is 40.8 Å². The van der Waals surface area contributed by atoms with Crippen LogP contribution in [0.2, 0.25) is 0 Å². The lowest BCUT2D eigenvalue weighted by Crippen LogP contribution is -2.39. The number of carbonyl (C=O) groups excluding carboxylic acids is 1. The van der Waals surface area contributed by atoms with Crippen molar-refractivity contribution in [3.8, 4) is 0 Å². The van der Waals surface area contributed by atoms with Crippen molar-refractivity contribution in [1.29, 1.82) is 0 Å². The van der Waals surface area contributed by atoms with Crippen LogP contribution in [0.15, 0.2) is 6.07 Å². The van der Waals surface area contributed by atoms with Gasteiger partial charge in [0.1, 0.15) is 0 Å².